The molecule has 0 spiro atoms. The van der Waals surface area contributed by atoms with E-state index >= 15 is 0 Å². The average Bonchev–Trinajstić information content (AvgIpc) is 3.07. The van der Waals surface area contributed by atoms with Crippen LogP contribution in [0.5, 0.6) is 0 Å². The molecule has 1 saturated heterocycles. The topological polar surface area (TPSA) is 34.0 Å². The van der Waals surface area contributed by atoms with Gasteiger partial charge in [-0.3, -0.25) is 14.6 Å². The van der Waals surface area contributed by atoms with Gasteiger partial charge >= 0.3 is 0 Å². The molecule has 4 heteroatoms. The molecule has 1 unspecified atom stereocenters. The van der Waals surface area contributed by atoms with E-state index in [1.54, 1.807) is 0 Å². The second-order valence-electron chi connectivity index (χ2n) is 5.64. The highest BCUT2D eigenvalue weighted by Gasteiger charge is 2.24. The summed E-state index contributed by atoms with van der Waals surface area (Å²) in [6, 6.07) is 6.78. The maximum Gasteiger partial charge on any atom is 0.0565 e. The van der Waals surface area contributed by atoms with Gasteiger partial charge in [0.25, 0.3) is 0 Å². The molecule has 0 bridgehead atoms. The summed E-state index contributed by atoms with van der Waals surface area (Å²) in [4.78, 5) is 7.00. The van der Waals surface area contributed by atoms with Crippen LogP contribution in [0.15, 0.2) is 36.8 Å². The van der Waals surface area contributed by atoms with Crippen LogP contribution in [-0.4, -0.2) is 38.8 Å². The summed E-state index contributed by atoms with van der Waals surface area (Å²) in [5, 5.41) is 4.41. The Morgan fingerprint density at radius 2 is 2.30 bits per heavy atom. The molecule has 0 aromatic carbocycles. The van der Waals surface area contributed by atoms with Crippen LogP contribution in [0.3, 0.4) is 0 Å². The summed E-state index contributed by atoms with van der Waals surface area (Å²) in [5.74, 6) is 0. The van der Waals surface area contributed by atoms with E-state index in [9.17, 15) is 0 Å². The van der Waals surface area contributed by atoms with Crippen molar-refractivity contribution in [1.82, 2.24) is 19.7 Å². The Balaban J connectivity index is 1.55. The summed E-state index contributed by atoms with van der Waals surface area (Å²) in [7, 11) is 0. The molecule has 0 amide bonds. The second-order valence-corrected chi connectivity index (χ2v) is 5.64. The quantitative estimate of drug-likeness (QED) is 0.836. The molecule has 2 aromatic heterocycles. The first kappa shape index (κ1) is 13.3. The number of rotatable bonds is 5. The first-order valence-electron chi connectivity index (χ1n) is 7.44. The Morgan fingerprint density at radius 1 is 1.35 bits per heavy atom. The number of hydrogen-bond acceptors (Lipinski definition) is 3. The Labute approximate surface area is 120 Å². The van der Waals surface area contributed by atoms with Gasteiger partial charge in [-0.2, -0.15) is 5.10 Å². The minimum atomic E-state index is 0.623. The first-order chi connectivity index (χ1) is 9.81. The maximum absolute atomic E-state index is 4.41. The van der Waals surface area contributed by atoms with Crippen LogP contribution in [0.2, 0.25) is 0 Å². The minimum absolute atomic E-state index is 0.623. The van der Waals surface area contributed by atoms with Crippen molar-refractivity contribution in [3.8, 4) is 0 Å². The Hall–Kier alpha value is -1.68. The van der Waals surface area contributed by atoms with E-state index in [0.29, 0.717) is 6.04 Å². The van der Waals surface area contributed by atoms with Crippen LogP contribution in [-0.2, 0) is 13.0 Å². The average molecular weight is 270 g/mol. The Morgan fingerprint density at radius 3 is 3.05 bits per heavy atom. The van der Waals surface area contributed by atoms with Gasteiger partial charge in [-0.15, -0.1) is 0 Å². The molecule has 0 N–H and O–H groups in total. The second kappa shape index (κ2) is 6.18. The predicted octanol–water partition coefficient (Wildman–Crippen LogP) is 2.29. The molecule has 1 fully saturated rings. The molecule has 3 heterocycles. The van der Waals surface area contributed by atoms with Crippen LogP contribution in [0.25, 0.3) is 0 Å². The monoisotopic (exact) mass is 270 g/mol. The van der Waals surface area contributed by atoms with Gasteiger partial charge in [-0.05, 0) is 44.0 Å². The van der Waals surface area contributed by atoms with E-state index < -0.39 is 0 Å². The summed E-state index contributed by atoms with van der Waals surface area (Å²) in [6.45, 7) is 5.41. The maximum atomic E-state index is 4.41. The molecule has 3 rings (SSSR count). The number of likely N-dealkylation sites (tertiary alicyclic amines) is 1. The molecule has 0 saturated carbocycles. The molecular weight excluding hydrogens is 248 g/mol. The number of pyridine rings is 1. The normalized spacial score (nSPS) is 19.6. The third-order valence-electron chi connectivity index (χ3n) is 4.04. The van der Waals surface area contributed by atoms with E-state index in [2.05, 4.69) is 44.9 Å². The van der Waals surface area contributed by atoms with E-state index in [1.165, 1.54) is 30.6 Å². The fourth-order valence-electron chi connectivity index (χ4n) is 2.98. The van der Waals surface area contributed by atoms with Crippen LogP contribution in [0.4, 0.5) is 0 Å². The van der Waals surface area contributed by atoms with Gasteiger partial charge < -0.3 is 0 Å². The molecule has 4 nitrogen and oxygen atoms in total. The zero-order valence-corrected chi connectivity index (χ0v) is 12.1. The smallest absolute Gasteiger partial charge is 0.0565 e. The van der Waals surface area contributed by atoms with Crippen LogP contribution in [0, 0.1) is 6.92 Å². The lowest BCUT2D eigenvalue weighted by Crippen LogP contribution is -2.34. The lowest BCUT2D eigenvalue weighted by atomic mass is 10.2. The highest BCUT2D eigenvalue weighted by Crippen LogP contribution is 2.19. The summed E-state index contributed by atoms with van der Waals surface area (Å²) >= 11 is 0. The van der Waals surface area contributed by atoms with Gasteiger partial charge in [0, 0.05) is 37.1 Å². The largest absolute Gasteiger partial charge is 0.298 e. The van der Waals surface area contributed by atoms with Gasteiger partial charge in [-0.1, -0.05) is 6.07 Å². The number of nitrogens with zero attached hydrogens (tertiary/aromatic N) is 4. The molecular formula is C16H22N4. The van der Waals surface area contributed by atoms with Gasteiger partial charge in [-0.25, -0.2) is 0 Å². The van der Waals surface area contributed by atoms with Gasteiger partial charge in [0.1, 0.15) is 0 Å². The molecule has 1 aliphatic heterocycles. The standard InChI is InChI=1S/C16H22N4/c1-14-11-18-20(12-14)13-16-6-4-9-19(16)10-7-15-5-2-3-8-17-15/h2-3,5,8,11-12,16H,4,6-7,9-10,13H2,1H3. The number of hydrogen-bond donors (Lipinski definition) is 0. The van der Waals surface area contributed by atoms with Crippen molar-refractivity contribution < 1.29 is 0 Å². The minimum Gasteiger partial charge on any atom is -0.298 e. The molecule has 106 valence electrons. The van der Waals surface area contributed by atoms with E-state index in [-0.39, 0.29) is 0 Å². The number of aryl methyl sites for hydroxylation is 1. The highest BCUT2D eigenvalue weighted by atomic mass is 15.3. The van der Waals surface area contributed by atoms with Crippen LogP contribution >= 0.6 is 0 Å². The van der Waals surface area contributed by atoms with Crippen LogP contribution in [0.1, 0.15) is 24.1 Å². The fraction of sp³-hybridized carbons (Fsp3) is 0.500. The third kappa shape index (κ3) is 3.25. The van der Waals surface area contributed by atoms with Gasteiger partial charge in [0.15, 0.2) is 0 Å². The molecule has 20 heavy (non-hydrogen) atoms. The zero-order chi connectivity index (χ0) is 13.8. The molecule has 2 aromatic rings. The predicted molar refractivity (Wildman–Crippen MR) is 79.5 cm³/mol. The summed E-state index contributed by atoms with van der Waals surface area (Å²) in [5.41, 5.74) is 2.43. The molecule has 0 radical (unpaired) electrons. The lowest BCUT2D eigenvalue weighted by molar-refractivity contribution is 0.229. The van der Waals surface area contributed by atoms with Gasteiger partial charge in [0.2, 0.25) is 0 Å². The number of aromatic nitrogens is 3. The SMILES string of the molecule is Cc1cnn(CC2CCCN2CCc2ccccn2)c1. The van der Waals surface area contributed by atoms with Crippen molar-refractivity contribution >= 4 is 0 Å². The van der Waals surface area contributed by atoms with Crippen molar-refractivity contribution in [1.29, 1.82) is 0 Å². The highest BCUT2D eigenvalue weighted by molar-refractivity contribution is 5.04. The first-order valence-corrected chi connectivity index (χ1v) is 7.44. The fourth-order valence-corrected chi connectivity index (χ4v) is 2.98. The lowest BCUT2D eigenvalue weighted by Gasteiger charge is -2.24. The van der Waals surface area contributed by atoms with Crippen molar-refractivity contribution in [2.24, 2.45) is 0 Å². The van der Waals surface area contributed by atoms with Crippen molar-refractivity contribution in [3.05, 3.63) is 48.0 Å². The molecule has 1 aliphatic rings. The summed E-state index contributed by atoms with van der Waals surface area (Å²) < 4.78 is 2.08. The van der Waals surface area contributed by atoms with E-state index in [4.69, 9.17) is 0 Å². The van der Waals surface area contributed by atoms with Gasteiger partial charge in [0.05, 0.1) is 12.7 Å². The molecule has 1 atom stereocenters. The third-order valence-corrected chi connectivity index (χ3v) is 4.04. The zero-order valence-electron chi connectivity index (χ0n) is 12.1. The Bertz CT molecular complexity index is 534. The van der Waals surface area contributed by atoms with Crippen molar-refractivity contribution in [3.63, 3.8) is 0 Å². The van der Waals surface area contributed by atoms with Crippen LogP contribution < -0.4 is 0 Å². The van der Waals surface area contributed by atoms with E-state index in [0.717, 1.165) is 19.5 Å². The van der Waals surface area contributed by atoms with E-state index in [1.807, 2.05) is 18.5 Å². The Kier molecular flexibility index (Phi) is 4.11. The summed E-state index contributed by atoms with van der Waals surface area (Å²) in [6.07, 6.45) is 9.56. The van der Waals surface area contributed by atoms with Crippen molar-refractivity contribution in [2.75, 3.05) is 13.1 Å². The van der Waals surface area contributed by atoms with Crippen molar-refractivity contribution in [2.45, 2.75) is 38.8 Å². The molecule has 0 aliphatic carbocycles.